The molecular weight excluding hydrogens is 526 g/mol. The van der Waals surface area contributed by atoms with Gasteiger partial charge in [0.1, 0.15) is 23.6 Å². The second-order valence-corrected chi connectivity index (χ2v) is 11.4. The number of nitrogen functional groups attached to an aromatic ring is 1. The highest BCUT2D eigenvalue weighted by atomic mass is 32.2. The van der Waals surface area contributed by atoms with Crippen LogP contribution in [-0.4, -0.2) is 62.6 Å². The van der Waals surface area contributed by atoms with E-state index in [2.05, 4.69) is 30.9 Å². The zero-order valence-electron chi connectivity index (χ0n) is 19.2. The van der Waals surface area contributed by atoms with Crippen LogP contribution in [0.25, 0.3) is 11.4 Å². The van der Waals surface area contributed by atoms with Gasteiger partial charge in [0.2, 0.25) is 15.8 Å². The van der Waals surface area contributed by atoms with Crippen LogP contribution in [0.1, 0.15) is 29.4 Å². The molecule has 5 rings (SSSR count). The average Bonchev–Trinajstić information content (AvgIpc) is 3.54. The highest BCUT2D eigenvalue weighted by molar-refractivity contribution is 7.89. The fraction of sp³-hybridized carbons (Fsp3) is 0.273. The molecule has 0 saturated carbocycles. The molecule has 0 amide bonds. The Balaban J connectivity index is 1.22. The second kappa shape index (κ2) is 10.1. The van der Waals surface area contributed by atoms with Crippen LogP contribution in [0, 0.1) is 11.6 Å². The Morgan fingerprint density at radius 3 is 2.43 bits per heavy atom. The molecule has 0 aliphatic carbocycles. The first-order valence-electron chi connectivity index (χ1n) is 11.2. The van der Waals surface area contributed by atoms with E-state index >= 15 is 0 Å². The van der Waals surface area contributed by atoms with Crippen LogP contribution < -0.4 is 11.1 Å². The lowest BCUT2D eigenvalue weighted by Crippen LogP contribution is -2.42. The molecule has 0 bridgehead atoms. The number of piperidine rings is 1. The van der Waals surface area contributed by atoms with Crippen molar-refractivity contribution in [2.75, 3.05) is 24.1 Å². The predicted octanol–water partition coefficient (Wildman–Crippen LogP) is 2.53. The number of nitrogens with two attached hydrogens (primary N) is 1. The zero-order valence-corrected chi connectivity index (χ0v) is 20.8. The number of thiazole rings is 1. The third kappa shape index (κ3) is 5.02. The first kappa shape index (κ1) is 25.1. The Labute approximate surface area is 214 Å². The van der Waals surface area contributed by atoms with E-state index in [0.717, 1.165) is 23.5 Å². The fourth-order valence-corrected chi connectivity index (χ4v) is 6.56. The number of benzene rings is 2. The minimum absolute atomic E-state index is 0.0352. The Kier molecular flexibility index (Phi) is 6.85. The molecular formula is C22H22F2N8O3S2. The van der Waals surface area contributed by atoms with Gasteiger partial charge in [-0.2, -0.15) is 9.52 Å². The number of nitrogens with one attached hydrogen (secondary N) is 2. The molecule has 1 fully saturated rings. The monoisotopic (exact) mass is 548 g/mol. The summed E-state index contributed by atoms with van der Waals surface area (Å²) in [5, 5.41) is 27.7. The molecule has 1 aliphatic heterocycles. The molecule has 11 nitrogen and oxygen atoms in total. The lowest BCUT2D eigenvalue weighted by Gasteiger charge is -2.31. The third-order valence-corrected chi connectivity index (χ3v) is 9.05. The molecule has 5 N–H and O–H groups in total. The second-order valence-electron chi connectivity index (χ2n) is 8.39. The number of aliphatic hydroxyl groups excluding tert-OH is 1. The summed E-state index contributed by atoms with van der Waals surface area (Å²) in [7, 11) is -3.69. The van der Waals surface area contributed by atoms with Crippen LogP contribution in [-0.2, 0) is 10.0 Å². The van der Waals surface area contributed by atoms with Crippen molar-refractivity contribution in [3.8, 4) is 11.4 Å². The average molecular weight is 549 g/mol. The number of aliphatic hydroxyl groups is 1. The maximum absolute atomic E-state index is 14.1. The van der Waals surface area contributed by atoms with Crippen LogP contribution in [0.3, 0.4) is 0 Å². The van der Waals surface area contributed by atoms with E-state index in [0.29, 0.717) is 29.4 Å². The smallest absolute Gasteiger partial charge is 0.243 e. The van der Waals surface area contributed by atoms with Crippen molar-refractivity contribution in [1.82, 2.24) is 29.9 Å². The zero-order chi connectivity index (χ0) is 26.2. The SMILES string of the molecule is Nc1nc(NC2CCN(S(=O)(=O)c3ccc(-c4nn[nH]n4)cc3)CC2)sc1C(O)c1c(F)cccc1F. The lowest BCUT2D eigenvalue weighted by molar-refractivity contribution is 0.213. The summed E-state index contributed by atoms with van der Waals surface area (Å²) in [6.07, 6.45) is -0.605. The summed E-state index contributed by atoms with van der Waals surface area (Å²) >= 11 is 0.998. The minimum Gasteiger partial charge on any atom is -0.383 e. The predicted molar refractivity (Wildman–Crippen MR) is 132 cm³/mol. The van der Waals surface area contributed by atoms with Crippen molar-refractivity contribution in [1.29, 1.82) is 0 Å². The van der Waals surface area contributed by atoms with E-state index in [-0.39, 0.29) is 34.7 Å². The standard InChI is InChI=1S/C22H22F2N8O3S2/c23-15-2-1-3-16(24)17(15)18(33)19-20(25)27-22(36-19)26-13-8-10-32(11-9-13)37(34,35)14-6-4-12(5-7-14)21-28-30-31-29-21/h1-7,13,18,33H,8-11,25H2,(H,26,27)(H,28,29,30,31). The van der Waals surface area contributed by atoms with Gasteiger partial charge in [-0.1, -0.05) is 17.4 Å². The van der Waals surface area contributed by atoms with Crippen LogP contribution >= 0.6 is 11.3 Å². The van der Waals surface area contributed by atoms with E-state index < -0.39 is 33.3 Å². The maximum Gasteiger partial charge on any atom is 0.243 e. The van der Waals surface area contributed by atoms with E-state index in [9.17, 15) is 22.3 Å². The number of hydrogen-bond acceptors (Lipinski definition) is 10. The van der Waals surface area contributed by atoms with Gasteiger partial charge in [0.25, 0.3) is 0 Å². The van der Waals surface area contributed by atoms with Gasteiger partial charge < -0.3 is 16.2 Å². The molecule has 1 aliphatic rings. The number of rotatable bonds is 7. The molecule has 37 heavy (non-hydrogen) atoms. The summed E-state index contributed by atoms with van der Waals surface area (Å²) in [6, 6.07) is 9.49. The van der Waals surface area contributed by atoms with Gasteiger partial charge in [-0.05, 0) is 54.5 Å². The number of aromatic amines is 1. The van der Waals surface area contributed by atoms with Gasteiger partial charge in [-0.3, -0.25) is 0 Å². The van der Waals surface area contributed by atoms with Gasteiger partial charge in [-0.25, -0.2) is 22.2 Å². The number of nitrogens with zero attached hydrogens (tertiary/aromatic N) is 5. The van der Waals surface area contributed by atoms with E-state index in [1.54, 1.807) is 12.1 Å². The summed E-state index contributed by atoms with van der Waals surface area (Å²) < 4.78 is 55.8. The summed E-state index contributed by atoms with van der Waals surface area (Å²) in [5.41, 5.74) is 6.07. The normalized spacial score (nSPS) is 16.1. The van der Waals surface area contributed by atoms with Gasteiger partial charge in [0.05, 0.1) is 15.3 Å². The molecule has 15 heteroatoms. The topological polar surface area (TPSA) is 163 Å². The summed E-state index contributed by atoms with van der Waals surface area (Å²) in [5.74, 6) is -1.43. The first-order valence-corrected chi connectivity index (χ1v) is 13.5. The van der Waals surface area contributed by atoms with E-state index in [4.69, 9.17) is 5.73 Å². The van der Waals surface area contributed by atoms with Crippen molar-refractivity contribution in [3.05, 3.63) is 64.5 Å². The van der Waals surface area contributed by atoms with Crippen molar-refractivity contribution in [2.45, 2.75) is 29.9 Å². The van der Waals surface area contributed by atoms with Gasteiger partial charge in [0.15, 0.2) is 5.13 Å². The Morgan fingerprint density at radius 1 is 1.14 bits per heavy atom. The van der Waals surface area contributed by atoms with E-state index in [1.807, 2.05) is 0 Å². The van der Waals surface area contributed by atoms with Crippen molar-refractivity contribution in [3.63, 3.8) is 0 Å². The van der Waals surface area contributed by atoms with Crippen molar-refractivity contribution >= 4 is 32.3 Å². The number of tetrazole rings is 1. The molecule has 0 radical (unpaired) electrons. The number of H-pyrrole nitrogens is 1. The third-order valence-electron chi connectivity index (χ3n) is 6.08. The van der Waals surface area contributed by atoms with Crippen molar-refractivity contribution < 1.29 is 22.3 Å². The molecule has 4 aromatic rings. The largest absolute Gasteiger partial charge is 0.383 e. The number of sulfonamides is 1. The van der Waals surface area contributed by atoms with Gasteiger partial charge in [0, 0.05) is 24.7 Å². The number of anilines is 2. The number of hydrogen-bond donors (Lipinski definition) is 4. The highest BCUT2D eigenvalue weighted by Gasteiger charge is 2.31. The number of halogens is 2. The van der Waals surface area contributed by atoms with Gasteiger partial charge >= 0.3 is 0 Å². The molecule has 1 saturated heterocycles. The molecule has 3 heterocycles. The van der Waals surface area contributed by atoms with Crippen molar-refractivity contribution in [2.24, 2.45) is 0 Å². The molecule has 1 atom stereocenters. The van der Waals surface area contributed by atoms with E-state index in [1.165, 1.54) is 22.5 Å². The first-order chi connectivity index (χ1) is 17.7. The molecule has 1 unspecified atom stereocenters. The Hall–Kier alpha value is -3.53. The molecule has 0 spiro atoms. The van der Waals surface area contributed by atoms with Crippen LogP contribution in [0.15, 0.2) is 47.4 Å². The molecule has 194 valence electrons. The Bertz CT molecular complexity index is 1470. The van der Waals surface area contributed by atoms with Gasteiger partial charge in [-0.15, -0.1) is 10.2 Å². The maximum atomic E-state index is 14.1. The quantitative estimate of drug-likeness (QED) is 0.272. The van der Waals surface area contributed by atoms with Crippen LogP contribution in [0.4, 0.5) is 19.7 Å². The number of aromatic nitrogens is 5. The fourth-order valence-electron chi connectivity index (χ4n) is 4.13. The summed E-state index contributed by atoms with van der Waals surface area (Å²) in [6.45, 7) is 0.562. The Morgan fingerprint density at radius 2 is 1.81 bits per heavy atom. The van der Waals surface area contributed by atoms with Crippen LogP contribution in [0.2, 0.25) is 0 Å². The molecule has 2 aromatic heterocycles. The lowest BCUT2D eigenvalue weighted by atomic mass is 10.1. The summed E-state index contributed by atoms with van der Waals surface area (Å²) in [4.78, 5) is 4.47. The van der Waals surface area contributed by atoms with Crippen LogP contribution in [0.5, 0.6) is 0 Å². The highest BCUT2D eigenvalue weighted by Crippen LogP contribution is 2.37. The molecule has 2 aromatic carbocycles. The minimum atomic E-state index is -3.69.